The Balaban J connectivity index is 1.86. The summed E-state index contributed by atoms with van der Waals surface area (Å²) in [6.07, 6.45) is 2.70. The van der Waals surface area contributed by atoms with Crippen molar-refractivity contribution in [3.63, 3.8) is 0 Å². The molecule has 29 heavy (non-hydrogen) atoms. The van der Waals surface area contributed by atoms with Crippen molar-refractivity contribution in [3.05, 3.63) is 59.7 Å². The number of carbonyl (C=O) groups excluding carboxylic acids is 3. The van der Waals surface area contributed by atoms with Gasteiger partial charge in [-0.15, -0.1) is 0 Å². The molecule has 0 heterocycles. The molecule has 0 aromatic heterocycles. The lowest BCUT2D eigenvalue weighted by Gasteiger charge is -2.09. The number of ether oxygens (including phenoxy) is 4. The Morgan fingerprint density at radius 2 is 1.55 bits per heavy atom. The van der Waals surface area contributed by atoms with Gasteiger partial charge >= 0.3 is 11.9 Å². The predicted molar refractivity (Wildman–Crippen MR) is 106 cm³/mol. The lowest BCUT2D eigenvalue weighted by molar-refractivity contribution is -0.142. The third-order valence-corrected chi connectivity index (χ3v) is 3.72. The van der Waals surface area contributed by atoms with Crippen molar-refractivity contribution >= 4 is 29.6 Å². The highest BCUT2D eigenvalue weighted by atomic mass is 16.5. The average molecular weight is 399 g/mol. The summed E-state index contributed by atoms with van der Waals surface area (Å²) in [6, 6.07) is 11.3. The van der Waals surface area contributed by atoms with Gasteiger partial charge in [0.05, 0.1) is 26.9 Å². The first-order valence-electron chi connectivity index (χ1n) is 8.51. The Bertz CT molecular complexity index is 881. The zero-order chi connectivity index (χ0) is 21.2. The van der Waals surface area contributed by atoms with Gasteiger partial charge in [0.25, 0.3) is 5.91 Å². The van der Waals surface area contributed by atoms with E-state index in [4.69, 9.17) is 14.2 Å². The summed E-state index contributed by atoms with van der Waals surface area (Å²) in [5, 5.41) is 2.60. The Morgan fingerprint density at radius 1 is 0.931 bits per heavy atom. The van der Waals surface area contributed by atoms with Crippen molar-refractivity contribution in [2.45, 2.75) is 0 Å². The highest BCUT2D eigenvalue weighted by Gasteiger charge is 2.09. The molecule has 0 spiro atoms. The van der Waals surface area contributed by atoms with E-state index in [1.54, 1.807) is 42.5 Å². The molecule has 0 fully saturated rings. The molecule has 0 aliphatic heterocycles. The topological polar surface area (TPSA) is 100 Å². The zero-order valence-corrected chi connectivity index (χ0v) is 16.3. The lowest BCUT2D eigenvalue weighted by Crippen LogP contribution is -2.20. The van der Waals surface area contributed by atoms with Crippen molar-refractivity contribution in [1.29, 1.82) is 0 Å². The molecule has 8 heteroatoms. The Hall–Kier alpha value is -3.81. The molecule has 0 unspecified atom stereocenters. The lowest BCUT2D eigenvalue weighted by atomic mass is 10.1. The number of esters is 2. The molecule has 8 nitrogen and oxygen atoms in total. The summed E-state index contributed by atoms with van der Waals surface area (Å²) >= 11 is 0. The van der Waals surface area contributed by atoms with Crippen LogP contribution < -0.4 is 14.8 Å². The van der Waals surface area contributed by atoms with Crippen LogP contribution in [0.5, 0.6) is 11.5 Å². The van der Waals surface area contributed by atoms with Crippen LogP contribution >= 0.6 is 0 Å². The SMILES string of the molecule is COC(=O)c1ccc(/C=C/C(=O)OCC(=O)Nc2cc(OC)cc(OC)c2)cc1. The number of anilines is 1. The molecule has 0 aliphatic rings. The number of nitrogens with one attached hydrogen (secondary N) is 1. The molecule has 2 aromatic rings. The average Bonchev–Trinajstić information content (AvgIpc) is 2.75. The molecule has 0 saturated carbocycles. The maximum Gasteiger partial charge on any atom is 0.337 e. The quantitative estimate of drug-likeness (QED) is 0.538. The van der Waals surface area contributed by atoms with E-state index < -0.39 is 24.5 Å². The van der Waals surface area contributed by atoms with Crippen LogP contribution in [0, 0.1) is 0 Å². The number of benzene rings is 2. The molecule has 1 N–H and O–H groups in total. The number of carbonyl (C=O) groups is 3. The number of hydrogen-bond acceptors (Lipinski definition) is 7. The van der Waals surface area contributed by atoms with Gasteiger partial charge in [0.2, 0.25) is 0 Å². The van der Waals surface area contributed by atoms with Crippen molar-refractivity contribution in [2.24, 2.45) is 0 Å². The third-order valence-electron chi connectivity index (χ3n) is 3.72. The molecule has 0 saturated heterocycles. The molecular weight excluding hydrogens is 378 g/mol. The van der Waals surface area contributed by atoms with Crippen molar-refractivity contribution in [3.8, 4) is 11.5 Å². The molecule has 1 amide bonds. The second kappa shape index (κ2) is 10.5. The monoisotopic (exact) mass is 399 g/mol. The first-order valence-corrected chi connectivity index (χ1v) is 8.51. The fourth-order valence-corrected chi connectivity index (χ4v) is 2.27. The van der Waals surface area contributed by atoms with Crippen molar-refractivity contribution in [2.75, 3.05) is 33.3 Å². The fraction of sp³-hybridized carbons (Fsp3) is 0.190. The fourth-order valence-electron chi connectivity index (χ4n) is 2.27. The second-order valence-electron chi connectivity index (χ2n) is 5.70. The van der Waals surface area contributed by atoms with Crippen LogP contribution in [-0.2, 0) is 19.1 Å². The van der Waals surface area contributed by atoms with Crippen LogP contribution in [0.3, 0.4) is 0 Å². The van der Waals surface area contributed by atoms with Gasteiger partial charge < -0.3 is 24.3 Å². The van der Waals surface area contributed by atoms with E-state index in [-0.39, 0.29) is 0 Å². The van der Waals surface area contributed by atoms with Gasteiger partial charge in [-0.25, -0.2) is 9.59 Å². The van der Waals surface area contributed by atoms with Gasteiger partial charge in [-0.2, -0.15) is 0 Å². The maximum atomic E-state index is 12.0. The summed E-state index contributed by atoms with van der Waals surface area (Å²) in [5.74, 6) is -0.611. The smallest absolute Gasteiger partial charge is 0.337 e. The Morgan fingerprint density at radius 3 is 2.10 bits per heavy atom. The maximum absolute atomic E-state index is 12.0. The molecule has 0 atom stereocenters. The van der Waals surface area contributed by atoms with Crippen LogP contribution in [0.4, 0.5) is 5.69 Å². The van der Waals surface area contributed by atoms with Gasteiger partial charge in [-0.1, -0.05) is 12.1 Å². The Labute approximate surface area is 168 Å². The highest BCUT2D eigenvalue weighted by Crippen LogP contribution is 2.25. The van der Waals surface area contributed by atoms with E-state index in [2.05, 4.69) is 10.1 Å². The highest BCUT2D eigenvalue weighted by molar-refractivity contribution is 5.95. The van der Waals surface area contributed by atoms with Crippen LogP contribution in [0.1, 0.15) is 15.9 Å². The summed E-state index contributed by atoms with van der Waals surface area (Å²) < 4.78 is 19.8. The van der Waals surface area contributed by atoms with Gasteiger partial charge in [0.15, 0.2) is 6.61 Å². The molecule has 152 valence electrons. The van der Waals surface area contributed by atoms with Gasteiger partial charge in [0, 0.05) is 30.0 Å². The minimum atomic E-state index is -0.680. The standard InChI is InChI=1S/C21H21NO7/c1-26-17-10-16(11-18(12-17)27-2)22-19(23)13-29-20(24)9-6-14-4-7-15(8-5-14)21(25)28-3/h4-12H,13H2,1-3H3,(H,22,23)/b9-6+. The molecule has 0 bridgehead atoms. The summed E-state index contributed by atoms with van der Waals surface area (Å²) in [5.41, 5.74) is 1.53. The second-order valence-corrected chi connectivity index (χ2v) is 5.70. The molecule has 0 radical (unpaired) electrons. The summed E-state index contributed by atoms with van der Waals surface area (Å²) in [4.78, 5) is 35.2. The van der Waals surface area contributed by atoms with Gasteiger partial charge in [-0.3, -0.25) is 4.79 Å². The first kappa shape index (κ1) is 21.5. The normalized spacial score (nSPS) is 10.3. The summed E-state index contributed by atoms with van der Waals surface area (Å²) in [6.45, 7) is -0.454. The molecule has 0 aliphatic carbocycles. The van der Waals surface area contributed by atoms with E-state index in [1.165, 1.54) is 33.5 Å². The van der Waals surface area contributed by atoms with Crippen LogP contribution in [0.15, 0.2) is 48.5 Å². The van der Waals surface area contributed by atoms with E-state index >= 15 is 0 Å². The molecular formula is C21H21NO7. The minimum Gasteiger partial charge on any atom is -0.497 e. The van der Waals surface area contributed by atoms with Crippen LogP contribution in [0.25, 0.3) is 6.08 Å². The zero-order valence-electron chi connectivity index (χ0n) is 16.3. The number of hydrogen-bond donors (Lipinski definition) is 1. The minimum absolute atomic E-state index is 0.401. The van der Waals surface area contributed by atoms with E-state index in [0.29, 0.717) is 28.3 Å². The molecule has 2 rings (SSSR count). The van der Waals surface area contributed by atoms with Crippen LogP contribution in [0.2, 0.25) is 0 Å². The largest absolute Gasteiger partial charge is 0.497 e. The van der Waals surface area contributed by atoms with E-state index in [1.807, 2.05) is 0 Å². The van der Waals surface area contributed by atoms with Gasteiger partial charge in [0.1, 0.15) is 11.5 Å². The van der Waals surface area contributed by atoms with Crippen LogP contribution in [-0.4, -0.2) is 45.8 Å². The van der Waals surface area contributed by atoms with Crippen molar-refractivity contribution < 1.29 is 33.3 Å². The van der Waals surface area contributed by atoms with E-state index in [9.17, 15) is 14.4 Å². The Kier molecular flexibility index (Phi) is 7.78. The first-order chi connectivity index (χ1) is 13.9. The number of methoxy groups -OCH3 is 3. The van der Waals surface area contributed by atoms with E-state index in [0.717, 1.165) is 0 Å². The van der Waals surface area contributed by atoms with Gasteiger partial charge in [-0.05, 0) is 23.8 Å². The van der Waals surface area contributed by atoms with Crippen molar-refractivity contribution in [1.82, 2.24) is 0 Å². The third kappa shape index (κ3) is 6.69. The molecule has 2 aromatic carbocycles. The summed E-state index contributed by atoms with van der Waals surface area (Å²) in [7, 11) is 4.29. The predicted octanol–water partition coefficient (Wildman–Crippen LogP) is 2.69. The number of rotatable bonds is 8. The number of amides is 1.